The van der Waals surface area contributed by atoms with Crippen molar-refractivity contribution >= 4 is 28.3 Å². The summed E-state index contributed by atoms with van der Waals surface area (Å²) in [5.41, 5.74) is 1.40. The van der Waals surface area contributed by atoms with Gasteiger partial charge in [-0.3, -0.25) is 19.0 Å². The Labute approximate surface area is 170 Å². The number of carbonyl (C=O) groups excluding carboxylic acids is 2. The summed E-state index contributed by atoms with van der Waals surface area (Å²) in [6, 6.07) is 17.0. The molecule has 0 spiro atoms. The van der Waals surface area contributed by atoms with Crippen molar-refractivity contribution in [2.24, 2.45) is 0 Å². The van der Waals surface area contributed by atoms with E-state index in [-0.39, 0.29) is 22.8 Å². The lowest BCUT2D eigenvalue weighted by molar-refractivity contribution is 0.101. The van der Waals surface area contributed by atoms with E-state index in [1.54, 1.807) is 30.3 Å². The number of halogens is 1. The van der Waals surface area contributed by atoms with Crippen LogP contribution in [0.1, 0.15) is 27.6 Å². The smallest absolute Gasteiger partial charge is 0.265 e. The Bertz CT molecular complexity index is 1340. The Morgan fingerprint density at radius 2 is 1.67 bits per heavy atom. The molecule has 0 aliphatic heterocycles. The Hall–Kier alpha value is -4.13. The minimum Gasteiger partial charge on any atom is -0.322 e. The number of benzene rings is 3. The van der Waals surface area contributed by atoms with Crippen molar-refractivity contribution in [3.05, 3.63) is 100 Å². The number of ketones is 1. The number of aromatic nitrogens is 2. The van der Waals surface area contributed by atoms with Crippen molar-refractivity contribution in [1.82, 2.24) is 9.55 Å². The standard InChI is InChI=1S/C23H16FN3O3/c1-14(28)15-6-9-17(10-7-15)26-22(29)16-8-11-18-20(12-16)25-13-27(23(18)30)21-5-3-2-4-19(21)24/h2-13H,1H3,(H,26,29). The number of para-hydroxylation sites is 1. The van der Waals surface area contributed by atoms with Crippen LogP contribution in [0.4, 0.5) is 10.1 Å². The van der Waals surface area contributed by atoms with Gasteiger partial charge < -0.3 is 5.32 Å². The average molecular weight is 401 g/mol. The first-order valence-electron chi connectivity index (χ1n) is 9.13. The second-order valence-corrected chi connectivity index (χ2v) is 6.69. The number of anilines is 1. The van der Waals surface area contributed by atoms with E-state index in [0.29, 0.717) is 22.3 Å². The Morgan fingerprint density at radius 3 is 2.37 bits per heavy atom. The first-order chi connectivity index (χ1) is 14.4. The maximum absolute atomic E-state index is 14.0. The molecule has 30 heavy (non-hydrogen) atoms. The van der Waals surface area contributed by atoms with E-state index in [1.165, 1.54) is 49.6 Å². The molecule has 0 bridgehead atoms. The fraction of sp³-hybridized carbons (Fsp3) is 0.0435. The lowest BCUT2D eigenvalue weighted by atomic mass is 10.1. The molecule has 1 aromatic heterocycles. The molecule has 7 heteroatoms. The largest absolute Gasteiger partial charge is 0.322 e. The van der Waals surface area contributed by atoms with Crippen molar-refractivity contribution in [1.29, 1.82) is 0 Å². The third-order valence-corrected chi connectivity index (χ3v) is 4.68. The fourth-order valence-electron chi connectivity index (χ4n) is 3.07. The SMILES string of the molecule is CC(=O)c1ccc(NC(=O)c2ccc3c(=O)n(-c4ccccc4F)cnc3c2)cc1. The van der Waals surface area contributed by atoms with Gasteiger partial charge in [0.05, 0.1) is 16.6 Å². The summed E-state index contributed by atoms with van der Waals surface area (Å²) >= 11 is 0. The van der Waals surface area contributed by atoms with Crippen LogP contribution in [-0.2, 0) is 0 Å². The van der Waals surface area contributed by atoms with Crippen molar-refractivity contribution in [2.75, 3.05) is 5.32 Å². The minimum absolute atomic E-state index is 0.0606. The van der Waals surface area contributed by atoms with E-state index < -0.39 is 11.4 Å². The lowest BCUT2D eigenvalue weighted by Gasteiger charge is -2.09. The molecular formula is C23H16FN3O3. The van der Waals surface area contributed by atoms with Crippen LogP contribution >= 0.6 is 0 Å². The zero-order chi connectivity index (χ0) is 21.3. The highest BCUT2D eigenvalue weighted by atomic mass is 19.1. The van der Waals surface area contributed by atoms with Crippen LogP contribution in [0.5, 0.6) is 0 Å². The van der Waals surface area contributed by atoms with Gasteiger partial charge in [0.1, 0.15) is 12.1 Å². The van der Waals surface area contributed by atoms with E-state index in [2.05, 4.69) is 10.3 Å². The molecule has 148 valence electrons. The molecule has 0 fully saturated rings. The number of fused-ring (bicyclic) bond motifs is 1. The molecule has 1 heterocycles. The number of hydrogen-bond acceptors (Lipinski definition) is 4. The number of hydrogen-bond donors (Lipinski definition) is 1. The molecule has 6 nitrogen and oxygen atoms in total. The van der Waals surface area contributed by atoms with Gasteiger partial charge in [0.15, 0.2) is 5.78 Å². The summed E-state index contributed by atoms with van der Waals surface area (Å²) in [4.78, 5) is 40.9. The van der Waals surface area contributed by atoms with Crippen molar-refractivity contribution < 1.29 is 14.0 Å². The summed E-state index contributed by atoms with van der Waals surface area (Å²) in [5.74, 6) is -0.977. The first-order valence-corrected chi connectivity index (χ1v) is 9.13. The van der Waals surface area contributed by atoms with E-state index in [4.69, 9.17) is 0 Å². The third kappa shape index (κ3) is 3.60. The number of rotatable bonds is 4. The minimum atomic E-state index is -0.535. The van der Waals surface area contributed by atoms with Gasteiger partial charge in [-0.2, -0.15) is 0 Å². The van der Waals surface area contributed by atoms with Crippen LogP contribution in [0.3, 0.4) is 0 Å². The molecule has 3 aromatic carbocycles. The molecule has 0 saturated heterocycles. The van der Waals surface area contributed by atoms with Gasteiger partial charge in [0.2, 0.25) is 0 Å². The van der Waals surface area contributed by atoms with Gasteiger partial charge in [-0.15, -0.1) is 0 Å². The van der Waals surface area contributed by atoms with Gasteiger partial charge in [-0.05, 0) is 61.5 Å². The second kappa shape index (κ2) is 7.71. The van der Waals surface area contributed by atoms with Gasteiger partial charge >= 0.3 is 0 Å². The highest BCUT2D eigenvalue weighted by Crippen LogP contribution is 2.16. The quantitative estimate of drug-likeness (QED) is 0.525. The summed E-state index contributed by atoms with van der Waals surface area (Å²) in [5, 5.41) is 3.00. The van der Waals surface area contributed by atoms with Crippen LogP contribution in [0.25, 0.3) is 16.6 Å². The number of nitrogens with one attached hydrogen (secondary N) is 1. The maximum atomic E-state index is 14.0. The Morgan fingerprint density at radius 1 is 0.967 bits per heavy atom. The van der Waals surface area contributed by atoms with Crippen molar-refractivity contribution in [3.8, 4) is 5.69 Å². The van der Waals surface area contributed by atoms with E-state index in [9.17, 15) is 18.8 Å². The first kappa shape index (κ1) is 19.2. The topological polar surface area (TPSA) is 81.1 Å². The molecule has 0 unspecified atom stereocenters. The normalized spacial score (nSPS) is 10.7. The molecule has 4 rings (SSSR count). The van der Waals surface area contributed by atoms with Gasteiger partial charge in [0, 0.05) is 16.8 Å². The predicted octanol–water partition coefficient (Wildman–Crippen LogP) is 3.98. The highest BCUT2D eigenvalue weighted by molar-refractivity contribution is 6.06. The molecule has 0 aliphatic rings. The summed E-state index contributed by atoms with van der Waals surface area (Å²) in [6.45, 7) is 1.47. The van der Waals surface area contributed by atoms with E-state index in [1.807, 2.05) is 0 Å². The molecule has 1 amide bonds. The summed E-state index contributed by atoms with van der Waals surface area (Å²) in [6.07, 6.45) is 1.24. The van der Waals surface area contributed by atoms with Gasteiger partial charge in [0.25, 0.3) is 11.5 Å². The monoisotopic (exact) mass is 401 g/mol. The van der Waals surface area contributed by atoms with E-state index >= 15 is 0 Å². The molecule has 1 N–H and O–H groups in total. The lowest BCUT2D eigenvalue weighted by Crippen LogP contribution is -2.20. The molecule has 4 aromatic rings. The van der Waals surface area contributed by atoms with Crippen LogP contribution in [0, 0.1) is 5.82 Å². The molecule has 0 radical (unpaired) electrons. The summed E-state index contributed by atoms with van der Waals surface area (Å²) in [7, 11) is 0. The van der Waals surface area contributed by atoms with Crippen molar-refractivity contribution in [3.63, 3.8) is 0 Å². The summed E-state index contributed by atoms with van der Waals surface area (Å²) < 4.78 is 15.2. The Kier molecular flexibility index (Phi) is 4.93. The average Bonchev–Trinajstić information content (AvgIpc) is 2.75. The number of amides is 1. The predicted molar refractivity (Wildman–Crippen MR) is 112 cm³/mol. The van der Waals surface area contributed by atoms with Crippen LogP contribution in [0.15, 0.2) is 77.9 Å². The molecule has 0 atom stereocenters. The maximum Gasteiger partial charge on any atom is 0.265 e. The molecule has 0 aliphatic carbocycles. The number of carbonyl (C=O) groups is 2. The van der Waals surface area contributed by atoms with Gasteiger partial charge in [-0.1, -0.05) is 12.1 Å². The third-order valence-electron chi connectivity index (χ3n) is 4.68. The van der Waals surface area contributed by atoms with Crippen LogP contribution < -0.4 is 10.9 Å². The second-order valence-electron chi connectivity index (χ2n) is 6.69. The number of nitrogens with zero attached hydrogens (tertiary/aromatic N) is 2. The van der Waals surface area contributed by atoms with Crippen molar-refractivity contribution in [2.45, 2.75) is 6.92 Å². The Balaban J connectivity index is 1.64. The van der Waals surface area contributed by atoms with Gasteiger partial charge in [-0.25, -0.2) is 9.37 Å². The number of Topliss-reactive ketones (excluding diaryl/α,β-unsaturated/α-hetero) is 1. The van der Waals surface area contributed by atoms with Crippen LogP contribution in [0.2, 0.25) is 0 Å². The zero-order valence-corrected chi connectivity index (χ0v) is 15.9. The fourth-order valence-corrected chi connectivity index (χ4v) is 3.07. The van der Waals surface area contributed by atoms with E-state index in [0.717, 1.165) is 4.57 Å². The molecular weight excluding hydrogens is 385 g/mol. The van der Waals surface area contributed by atoms with Crippen LogP contribution in [-0.4, -0.2) is 21.2 Å². The highest BCUT2D eigenvalue weighted by Gasteiger charge is 2.12. The zero-order valence-electron chi connectivity index (χ0n) is 15.9. The molecule has 0 saturated carbocycles.